The predicted molar refractivity (Wildman–Crippen MR) is 79.5 cm³/mol. The summed E-state index contributed by atoms with van der Waals surface area (Å²) in [6, 6.07) is 7.17. The number of nitrogens with zero attached hydrogens (tertiary/aromatic N) is 1. The van der Waals surface area contributed by atoms with E-state index in [1.165, 1.54) is 28.6 Å². The normalized spacial score (nSPS) is 10.9. The molecule has 0 spiro atoms. The van der Waals surface area contributed by atoms with Crippen molar-refractivity contribution in [3.8, 4) is 0 Å². The predicted octanol–water partition coefficient (Wildman–Crippen LogP) is 4.97. The van der Waals surface area contributed by atoms with Gasteiger partial charge in [0.1, 0.15) is 0 Å². The summed E-state index contributed by atoms with van der Waals surface area (Å²) in [5.41, 5.74) is 2.58. The first kappa shape index (κ1) is 14.0. The Morgan fingerprint density at radius 3 is 2.31 bits per heavy atom. The third kappa shape index (κ3) is 3.24. The van der Waals surface area contributed by atoms with E-state index in [4.69, 9.17) is 0 Å². The highest BCUT2D eigenvalue weighted by molar-refractivity contribution is 9.10. The van der Waals surface area contributed by atoms with Crippen LogP contribution in [0.1, 0.15) is 32.3 Å². The summed E-state index contributed by atoms with van der Waals surface area (Å²) in [4.78, 5) is 2.36. The molecule has 0 unspecified atom stereocenters. The maximum Gasteiger partial charge on any atom is 0.0510 e. The zero-order chi connectivity index (χ0) is 12.1. The van der Waals surface area contributed by atoms with E-state index in [2.05, 4.69) is 75.9 Å². The first-order valence-electron chi connectivity index (χ1n) is 5.71. The molecule has 0 amide bonds. The molecule has 0 N–H and O–H groups in total. The Balaban J connectivity index is 2.95. The number of halogens is 2. The second-order valence-electron chi connectivity index (χ2n) is 4.00. The van der Waals surface area contributed by atoms with Crippen molar-refractivity contribution in [1.29, 1.82) is 0 Å². The molecule has 1 aromatic carbocycles. The van der Waals surface area contributed by atoms with Gasteiger partial charge in [-0.05, 0) is 46.5 Å². The largest absolute Gasteiger partial charge is 0.371 e. The molecule has 0 aliphatic carbocycles. The maximum absolute atomic E-state index is 3.65. The van der Waals surface area contributed by atoms with Crippen molar-refractivity contribution >= 4 is 37.5 Å². The molecular formula is C13H19Br2N. The Kier molecular flexibility index (Phi) is 5.84. The standard InChI is InChI=1S/C13H19Br2N/c1-4-11(5-2)16(3)13-7-6-10(9-14)8-12(13)15/h6-8,11H,4-5,9H2,1-3H3. The summed E-state index contributed by atoms with van der Waals surface area (Å²) < 4.78 is 1.18. The molecule has 0 bridgehead atoms. The minimum absolute atomic E-state index is 0.617. The third-order valence-electron chi connectivity index (χ3n) is 3.04. The fraction of sp³-hybridized carbons (Fsp3) is 0.538. The third-order valence-corrected chi connectivity index (χ3v) is 4.32. The minimum Gasteiger partial charge on any atom is -0.371 e. The Hall–Kier alpha value is -0.0200. The summed E-state index contributed by atoms with van der Waals surface area (Å²) in [7, 11) is 2.17. The number of hydrogen-bond donors (Lipinski definition) is 0. The number of anilines is 1. The average molecular weight is 349 g/mol. The number of hydrogen-bond acceptors (Lipinski definition) is 1. The van der Waals surface area contributed by atoms with E-state index < -0.39 is 0 Å². The highest BCUT2D eigenvalue weighted by Gasteiger charge is 2.13. The van der Waals surface area contributed by atoms with Crippen molar-refractivity contribution in [3.05, 3.63) is 28.2 Å². The second-order valence-corrected chi connectivity index (χ2v) is 5.42. The lowest BCUT2D eigenvalue weighted by molar-refractivity contribution is 0.591. The van der Waals surface area contributed by atoms with Crippen molar-refractivity contribution in [2.45, 2.75) is 38.1 Å². The van der Waals surface area contributed by atoms with Crippen LogP contribution in [-0.4, -0.2) is 13.1 Å². The summed E-state index contributed by atoms with van der Waals surface area (Å²) in [5.74, 6) is 0. The first-order chi connectivity index (χ1) is 7.63. The number of rotatable bonds is 5. The zero-order valence-electron chi connectivity index (χ0n) is 10.1. The smallest absolute Gasteiger partial charge is 0.0510 e. The van der Waals surface area contributed by atoms with E-state index >= 15 is 0 Å². The summed E-state index contributed by atoms with van der Waals surface area (Å²) in [6.07, 6.45) is 2.36. The van der Waals surface area contributed by atoms with Gasteiger partial charge < -0.3 is 4.90 Å². The van der Waals surface area contributed by atoms with Gasteiger partial charge in [0, 0.05) is 22.9 Å². The topological polar surface area (TPSA) is 3.24 Å². The molecule has 0 saturated heterocycles. The molecule has 16 heavy (non-hydrogen) atoms. The molecular weight excluding hydrogens is 330 g/mol. The van der Waals surface area contributed by atoms with E-state index in [1.807, 2.05) is 0 Å². The minimum atomic E-state index is 0.617. The SMILES string of the molecule is CCC(CC)N(C)c1ccc(CBr)cc1Br. The molecule has 0 atom stereocenters. The first-order valence-corrected chi connectivity index (χ1v) is 7.62. The van der Waals surface area contributed by atoms with E-state index in [9.17, 15) is 0 Å². The van der Waals surface area contributed by atoms with Crippen molar-refractivity contribution < 1.29 is 0 Å². The summed E-state index contributed by atoms with van der Waals surface area (Å²) in [5, 5.41) is 0.903. The van der Waals surface area contributed by atoms with Gasteiger partial charge in [0.2, 0.25) is 0 Å². The number of benzene rings is 1. The second kappa shape index (κ2) is 6.65. The molecule has 90 valence electrons. The van der Waals surface area contributed by atoms with Gasteiger partial charge >= 0.3 is 0 Å². The molecule has 0 radical (unpaired) electrons. The molecule has 1 nitrogen and oxygen atoms in total. The molecule has 0 aromatic heterocycles. The van der Waals surface area contributed by atoms with E-state index in [0.717, 1.165) is 5.33 Å². The van der Waals surface area contributed by atoms with Crippen LogP contribution in [0.2, 0.25) is 0 Å². The van der Waals surface area contributed by atoms with Crippen molar-refractivity contribution in [2.24, 2.45) is 0 Å². The van der Waals surface area contributed by atoms with E-state index in [1.54, 1.807) is 0 Å². The fourth-order valence-corrected chi connectivity index (χ4v) is 3.01. The quantitative estimate of drug-likeness (QED) is 0.679. The van der Waals surface area contributed by atoms with Crippen LogP contribution in [0.4, 0.5) is 5.69 Å². The lowest BCUT2D eigenvalue weighted by Gasteiger charge is -2.29. The van der Waals surface area contributed by atoms with Crippen molar-refractivity contribution in [2.75, 3.05) is 11.9 Å². The van der Waals surface area contributed by atoms with Gasteiger partial charge in [-0.25, -0.2) is 0 Å². The average Bonchev–Trinajstić information content (AvgIpc) is 2.30. The molecule has 0 fully saturated rings. The van der Waals surface area contributed by atoms with Crippen LogP contribution < -0.4 is 4.90 Å². The molecule has 3 heteroatoms. The Bertz CT molecular complexity index is 335. The monoisotopic (exact) mass is 347 g/mol. The van der Waals surface area contributed by atoms with E-state index in [0.29, 0.717) is 6.04 Å². The molecule has 1 rings (SSSR count). The Labute approximate surface area is 115 Å². The molecule has 0 saturated carbocycles. The zero-order valence-corrected chi connectivity index (χ0v) is 13.3. The van der Waals surface area contributed by atoms with Gasteiger partial charge in [-0.15, -0.1) is 0 Å². The molecule has 0 heterocycles. The summed E-state index contributed by atoms with van der Waals surface area (Å²) >= 11 is 7.13. The Morgan fingerprint density at radius 1 is 1.25 bits per heavy atom. The van der Waals surface area contributed by atoms with Gasteiger partial charge in [0.15, 0.2) is 0 Å². The van der Waals surface area contributed by atoms with Crippen LogP contribution in [0.15, 0.2) is 22.7 Å². The van der Waals surface area contributed by atoms with Gasteiger partial charge in [0.05, 0.1) is 5.69 Å². The van der Waals surface area contributed by atoms with Crippen LogP contribution in [0.3, 0.4) is 0 Å². The van der Waals surface area contributed by atoms with Crippen LogP contribution in [0.25, 0.3) is 0 Å². The van der Waals surface area contributed by atoms with Crippen molar-refractivity contribution in [3.63, 3.8) is 0 Å². The van der Waals surface area contributed by atoms with Crippen LogP contribution in [0, 0.1) is 0 Å². The van der Waals surface area contributed by atoms with E-state index in [-0.39, 0.29) is 0 Å². The van der Waals surface area contributed by atoms with Crippen LogP contribution >= 0.6 is 31.9 Å². The molecule has 0 aliphatic heterocycles. The van der Waals surface area contributed by atoms with Crippen molar-refractivity contribution in [1.82, 2.24) is 0 Å². The van der Waals surface area contributed by atoms with Gasteiger partial charge in [0.25, 0.3) is 0 Å². The van der Waals surface area contributed by atoms with Crippen LogP contribution in [0.5, 0.6) is 0 Å². The van der Waals surface area contributed by atoms with Crippen LogP contribution in [-0.2, 0) is 5.33 Å². The van der Waals surface area contributed by atoms with Gasteiger partial charge in [-0.2, -0.15) is 0 Å². The van der Waals surface area contributed by atoms with Gasteiger partial charge in [-0.3, -0.25) is 0 Å². The lowest BCUT2D eigenvalue weighted by atomic mass is 10.1. The maximum atomic E-state index is 3.65. The lowest BCUT2D eigenvalue weighted by Crippen LogP contribution is -2.30. The molecule has 1 aromatic rings. The number of alkyl halides is 1. The fourth-order valence-electron chi connectivity index (χ4n) is 1.95. The molecule has 0 aliphatic rings. The highest BCUT2D eigenvalue weighted by atomic mass is 79.9. The van der Waals surface area contributed by atoms with Gasteiger partial charge in [-0.1, -0.05) is 35.8 Å². The highest BCUT2D eigenvalue weighted by Crippen LogP contribution is 2.29. The Morgan fingerprint density at radius 2 is 1.88 bits per heavy atom. The summed E-state index contributed by atoms with van der Waals surface area (Å²) in [6.45, 7) is 4.48.